The Labute approximate surface area is 133 Å². The van der Waals surface area contributed by atoms with E-state index in [1.165, 1.54) is 0 Å². The van der Waals surface area contributed by atoms with Crippen molar-refractivity contribution >= 4 is 11.6 Å². The van der Waals surface area contributed by atoms with Gasteiger partial charge in [0.1, 0.15) is 12.4 Å². The van der Waals surface area contributed by atoms with Crippen LogP contribution in [0.2, 0.25) is 5.02 Å². The normalized spacial score (nSPS) is 12.7. The molecule has 4 heteroatoms. The minimum atomic E-state index is 0.106. The standard InChI is InChI=1S/C17H28ClNO2/c1-4-14(19)12-15-16(18)6-5-7-17(15)21-11-10-20-9-8-13(2)3/h5-7,13-14H,4,8-12,19H2,1-3H3. The van der Waals surface area contributed by atoms with Crippen LogP contribution in [0.1, 0.15) is 39.2 Å². The number of benzene rings is 1. The molecule has 0 aliphatic rings. The maximum Gasteiger partial charge on any atom is 0.124 e. The van der Waals surface area contributed by atoms with Gasteiger partial charge in [-0.1, -0.05) is 38.4 Å². The molecule has 0 saturated carbocycles. The second-order valence-electron chi connectivity index (χ2n) is 5.73. The van der Waals surface area contributed by atoms with Crippen LogP contribution in [0.4, 0.5) is 0 Å². The molecule has 1 unspecified atom stereocenters. The van der Waals surface area contributed by atoms with Gasteiger partial charge in [0.25, 0.3) is 0 Å². The van der Waals surface area contributed by atoms with Crippen LogP contribution in [-0.2, 0) is 11.2 Å². The molecule has 0 heterocycles. The number of hydrogen-bond donors (Lipinski definition) is 1. The Morgan fingerprint density at radius 3 is 2.62 bits per heavy atom. The molecule has 0 radical (unpaired) electrons. The fraction of sp³-hybridized carbons (Fsp3) is 0.647. The van der Waals surface area contributed by atoms with Crippen LogP contribution in [0.15, 0.2) is 18.2 Å². The van der Waals surface area contributed by atoms with Crippen molar-refractivity contribution in [2.24, 2.45) is 11.7 Å². The molecule has 1 atom stereocenters. The summed E-state index contributed by atoms with van der Waals surface area (Å²) in [6.07, 6.45) is 2.73. The third kappa shape index (κ3) is 7.16. The quantitative estimate of drug-likeness (QED) is 0.662. The summed E-state index contributed by atoms with van der Waals surface area (Å²) in [4.78, 5) is 0. The second kappa shape index (κ2) is 10.0. The highest BCUT2D eigenvalue weighted by Crippen LogP contribution is 2.27. The van der Waals surface area contributed by atoms with Gasteiger partial charge in [-0.2, -0.15) is 0 Å². The average molecular weight is 314 g/mol. The van der Waals surface area contributed by atoms with Crippen molar-refractivity contribution in [2.45, 2.75) is 46.1 Å². The fourth-order valence-electron chi connectivity index (χ4n) is 1.91. The molecule has 1 aromatic rings. The summed E-state index contributed by atoms with van der Waals surface area (Å²) in [5, 5.41) is 0.720. The lowest BCUT2D eigenvalue weighted by molar-refractivity contribution is 0.0922. The maximum atomic E-state index is 6.26. The molecule has 0 aliphatic heterocycles. The molecular weight excluding hydrogens is 286 g/mol. The molecule has 1 rings (SSSR count). The van der Waals surface area contributed by atoms with E-state index in [4.69, 9.17) is 26.8 Å². The Bertz CT molecular complexity index is 410. The number of nitrogens with two attached hydrogens (primary N) is 1. The van der Waals surface area contributed by atoms with Gasteiger partial charge in [-0.3, -0.25) is 0 Å². The minimum absolute atomic E-state index is 0.106. The van der Waals surface area contributed by atoms with Crippen LogP contribution in [0, 0.1) is 5.92 Å². The zero-order chi connectivity index (χ0) is 15.7. The van der Waals surface area contributed by atoms with Crippen LogP contribution < -0.4 is 10.5 Å². The monoisotopic (exact) mass is 313 g/mol. The SMILES string of the molecule is CCC(N)Cc1c(Cl)cccc1OCCOCCC(C)C. The van der Waals surface area contributed by atoms with E-state index in [0.717, 1.165) is 42.2 Å². The van der Waals surface area contributed by atoms with Crippen molar-refractivity contribution < 1.29 is 9.47 Å². The van der Waals surface area contributed by atoms with Crippen LogP contribution in [0.25, 0.3) is 0 Å². The Hall–Kier alpha value is -0.770. The summed E-state index contributed by atoms with van der Waals surface area (Å²) < 4.78 is 11.4. The van der Waals surface area contributed by atoms with Gasteiger partial charge in [-0.05, 0) is 37.3 Å². The summed E-state index contributed by atoms with van der Waals surface area (Å²) in [5.74, 6) is 1.49. The lowest BCUT2D eigenvalue weighted by atomic mass is 10.0. The Kier molecular flexibility index (Phi) is 8.74. The molecule has 0 aromatic heterocycles. The number of ether oxygens (including phenoxy) is 2. The van der Waals surface area contributed by atoms with Crippen molar-refractivity contribution in [2.75, 3.05) is 19.8 Å². The highest BCUT2D eigenvalue weighted by Gasteiger charge is 2.11. The summed E-state index contributed by atoms with van der Waals surface area (Å²) in [6, 6.07) is 5.83. The summed E-state index contributed by atoms with van der Waals surface area (Å²) in [5.41, 5.74) is 7.02. The number of hydrogen-bond acceptors (Lipinski definition) is 3. The van der Waals surface area contributed by atoms with Crippen LogP contribution in [-0.4, -0.2) is 25.9 Å². The van der Waals surface area contributed by atoms with E-state index in [2.05, 4.69) is 20.8 Å². The Balaban J connectivity index is 2.45. The second-order valence-corrected chi connectivity index (χ2v) is 6.14. The van der Waals surface area contributed by atoms with Gasteiger partial charge in [0.2, 0.25) is 0 Å². The highest BCUT2D eigenvalue weighted by molar-refractivity contribution is 6.31. The molecule has 0 bridgehead atoms. The summed E-state index contributed by atoms with van der Waals surface area (Å²) >= 11 is 6.26. The van der Waals surface area contributed by atoms with Crippen LogP contribution in [0.3, 0.4) is 0 Å². The zero-order valence-electron chi connectivity index (χ0n) is 13.4. The van der Waals surface area contributed by atoms with Crippen molar-refractivity contribution in [3.05, 3.63) is 28.8 Å². The third-order valence-electron chi connectivity index (χ3n) is 3.39. The minimum Gasteiger partial charge on any atom is -0.491 e. The van der Waals surface area contributed by atoms with E-state index >= 15 is 0 Å². The van der Waals surface area contributed by atoms with E-state index in [-0.39, 0.29) is 6.04 Å². The molecule has 0 saturated heterocycles. The van der Waals surface area contributed by atoms with Crippen molar-refractivity contribution in [1.29, 1.82) is 0 Å². The highest BCUT2D eigenvalue weighted by atomic mass is 35.5. The van der Waals surface area contributed by atoms with Crippen LogP contribution >= 0.6 is 11.6 Å². The Morgan fingerprint density at radius 1 is 1.19 bits per heavy atom. The van der Waals surface area contributed by atoms with E-state index in [1.54, 1.807) is 0 Å². The van der Waals surface area contributed by atoms with E-state index < -0.39 is 0 Å². The molecule has 0 amide bonds. The lowest BCUT2D eigenvalue weighted by Gasteiger charge is -2.16. The largest absolute Gasteiger partial charge is 0.491 e. The van der Waals surface area contributed by atoms with Gasteiger partial charge in [0.15, 0.2) is 0 Å². The zero-order valence-corrected chi connectivity index (χ0v) is 14.2. The molecule has 0 fully saturated rings. The van der Waals surface area contributed by atoms with E-state index in [9.17, 15) is 0 Å². The first kappa shape index (κ1) is 18.3. The van der Waals surface area contributed by atoms with Gasteiger partial charge >= 0.3 is 0 Å². The molecule has 1 aromatic carbocycles. The molecule has 21 heavy (non-hydrogen) atoms. The molecule has 0 spiro atoms. The molecule has 2 N–H and O–H groups in total. The van der Waals surface area contributed by atoms with Gasteiger partial charge < -0.3 is 15.2 Å². The topological polar surface area (TPSA) is 44.5 Å². The maximum absolute atomic E-state index is 6.26. The van der Waals surface area contributed by atoms with Gasteiger partial charge in [0.05, 0.1) is 6.61 Å². The predicted molar refractivity (Wildman–Crippen MR) is 89.2 cm³/mol. The van der Waals surface area contributed by atoms with E-state index in [1.807, 2.05) is 18.2 Å². The van der Waals surface area contributed by atoms with E-state index in [0.29, 0.717) is 19.1 Å². The first-order valence-electron chi connectivity index (χ1n) is 7.78. The molecule has 0 aliphatic carbocycles. The van der Waals surface area contributed by atoms with Crippen molar-refractivity contribution in [3.63, 3.8) is 0 Å². The van der Waals surface area contributed by atoms with Crippen molar-refractivity contribution in [3.8, 4) is 5.75 Å². The lowest BCUT2D eigenvalue weighted by Crippen LogP contribution is -2.22. The van der Waals surface area contributed by atoms with Gasteiger partial charge in [0, 0.05) is 23.2 Å². The third-order valence-corrected chi connectivity index (χ3v) is 3.75. The fourth-order valence-corrected chi connectivity index (χ4v) is 2.15. The predicted octanol–water partition coefficient (Wildman–Crippen LogP) is 4.06. The molecule has 3 nitrogen and oxygen atoms in total. The molecule has 120 valence electrons. The van der Waals surface area contributed by atoms with Crippen LogP contribution in [0.5, 0.6) is 5.75 Å². The van der Waals surface area contributed by atoms with Crippen molar-refractivity contribution in [1.82, 2.24) is 0 Å². The number of rotatable bonds is 10. The summed E-state index contributed by atoms with van der Waals surface area (Å²) in [6.45, 7) is 8.37. The van der Waals surface area contributed by atoms with Gasteiger partial charge in [-0.25, -0.2) is 0 Å². The summed E-state index contributed by atoms with van der Waals surface area (Å²) in [7, 11) is 0. The smallest absolute Gasteiger partial charge is 0.124 e. The number of halogens is 1. The first-order chi connectivity index (χ1) is 10.0. The average Bonchev–Trinajstić information content (AvgIpc) is 2.45. The first-order valence-corrected chi connectivity index (χ1v) is 8.15. The molecular formula is C17H28ClNO2. The Morgan fingerprint density at radius 2 is 1.95 bits per heavy atom. The van der Waals surface area contributed by atoms with Gasteiger partial charge in [-0.15, -0.1) is 0 Å².